The van der Waals surface area contributed by atoms with Crippen LogP contribution in [0, 0.1) is 0 Å². The zero-order valence-electron chi connectivity index (χ0n) is 15.9. The molecule has 1 aliphatic rings. The van der Waals surface area contributed by atoms with Crippen molar-refractivity contribution in [2.75, 3.05) is 23.9 Å². The minimum atomic E-state index is -0.705. The quantitative estimate of drug-likeness (QED) is 0.686. The van der Waals surface area contributed by atoms with Gasteiger partial charge in [0, 0.05) is 30.1 Å². The van der Waals surface area contributed by atoms with Gasteiger partial charge in [-0.2, -0.15) is 0 Å². The number of fused-ring (bicyclic) bond motifs is 1. The lowest BCUT2D eigenvalue weighted by atomic mass is 10.1. The van der Waals surface area contributed by atoms with Gasteiger partial charge in [0.25, 0.3) is 5.91 Å². The molecular formula is C22H20N2O5. The molecule has 0 radical (unpaired) electrons. The van der Waals surface area contributed by atoms with E-state index in [4.69, 9.17) is 9.15 Å². The summed E-state index contributed by atoms with van der Waals surface area (Å²) < 4.78 is 10.7. The lowest BCUT2D eigenvalue weighted by molar-refractivity contribution is -0.119. The summed E-state index contributed by atoms with van der Waals surface area (Å²) >= 11 is 0. The predicted molar refractivity (Wildman–Crippen MR) is 110 cm³/mol. The third-order valence-electron chi connectivity index (χ3n) is 4.94. The lowest BCUT2D eigenvalue weighted by Crippen LogP contribution is -2.35. The number of methoxy groups -OCH3 is 1. The van der Waals surface area contributed by atoms with E-state index in [1.165, 1.54) is 13.2 Å². The van der Waals surface area contributed by atoms with Gasteiger partial charge in [-0.1, -0.05) is 18.2 Å². The predicted octanol–water partition coefficient (Wildman–Crippen LogP) is 3.57. The molecule has 4 rings (SSSR count). The average molecular weight is 392 g/mol. The second kappa shape index (κ2) is 7.79. The van der Waals surface area contributed by atoms with E-state index >= 15 is 0 Å². The van der Waals surface area contributed by atoms with Gasteiger partial charge < -0.3 is 19.4 Å². The zero-order valence-corrected chi connectivity index (χ0v) is 15.9. The van der Waals surface area contributed by atoms with Crippen LogP contribution in [0.3, 0.4) is 0 Å². The van der Waals surface area contributed by atoms with Gasteiger partial charge in [0.05, 0.1) is 12.8 Å². The summed E-state index contributed by atoms with van der Waals surface area (Å²) in [6, 6.07) is 13.6. The number of nitrogens with zero attached hydrogens (tertiary/aromatic N) is 1. The number of ether oxygens (including phenoxy) is 1. The zero-order chi connectivity index (χ0) is 20.4. The SMILES string of the molecule is COc1cc(NC(=O)c2cc3ccccc3oc2=O)ccc1N1CCCCC1=O. The molecule has 7 nitrogen and oxygen atoms in total. The monoisotopic (exact) mass is 392 g/mol. The number of nitrogens with one attached hydrogen (secondary N) is 1. The number of para-hydroxylation sites is 1. The molecule has 0 atom stereocenters. The summed E-state index contributed by atoms with van der Waals surface area (Å²) in [5.74, 6) is -0.0444. The van der Waals surface area contributed by atoms with Crippen LogP contribution in [0.1, 0.15) is 29.6 Å². The van der Waals surface area contributed by atoms with Crippen LogP contribution in [0.2, 0.25) is 0 Å². The van der Waals surface area contributed by atoms with Crippen molar-refractivity contribution >= 4 is 34.2 Å². The van der Waals surface area contributed by atoms with Crippen molar-refractivity contribution in [3.63, 3.8) is 0 Å². The molecule has 3 aromatic rings. The van der Waals surface area contributed by atoms with Gasteiger partial charge in [0.15, 0.2) is 0 Å². The number of carbonyl (C=O) groups excluding carboxylic acids is 2. The van der Waals surface area contributed by atoms with Gasteiger partial charge in [-0.05, 0) is 37.1 Å². The molecule has 0 unspecified atom stereocenters. The number of hydrogen-bond acceptors (Lipinski definition) is 5. The molecule has 1 aliphatic heterocycles. The number of piperidine rings is 1. The van der Waals surface area contributed by atoms with Crippen LogP contribution in [0.5, 0.6) is 5.75 Å². The van der Waals surface area contributed by atoms with Crippen molar-refractivity contribution in [3.8, 4) is 5.75 Å². The number of anilines is 2. The van der Waals surface area contributed by atoms with Crippen LogP contribution in [-0.2, 0) is 4.79 Å². The molecule has 0 bridgehead atoms. The highest BCUT2D eigenvalue weighted by molar-refractivity contribution is 6.06. The number of hydrogen-bond donors (Lipinski definition) is 1. The van der Waals surface area contributed by atoms with Gasteiger partial charge in [-0.15, -0.1) is 0 Å². The van der Waals surface area contributed by atoms with E-state index in [0.29, 0.717) is 41.1 Å². The second-order valence-electron chi connectivity index (χ2n) is 6.83. The highest BCUT2D eigenvalue weighted by Crippen LogP contribution is 2.33. The average Bonchev–Trinajstić information content (AvgIpc) is 2.73. The summed E-state index contributed by atoms with van der Waals surface area (Å²) in [5.41, 5.74) is 0.751. The van der Waals surface area contributed by atoms with E-state index in [0.717, 1.165) is 12.8 Å². The Balaban J connectivity index is 1.61. The second-order valence-corrected chi connectivity index (χ2v) is 6.83. The van der Waals surface area contributed by atoms with Crippen LogP contribution in [-0.4, -0.2) is 25.5 Å². The van der Waals surface area contributed by atoms with Crippen molar-refractivity contribution in [1.29, 1.82) is 0 Å². The van der Waals surface area contributed by atoms with Crippen molar-refractivity contribution in [2.24, 2.45) is 0 Å². The third kappa shape index (κ3) is 3.71. The standard InChI is InChI=1S/C22H20N2O5/c1-28-19-13-15(9-10-17(19)24-11-5-4-8-20(24)25)23-21(26)16-12-14-6-2-3-7-18(14)29-22(16)27/h2-3,6-7,9-10,12-13H,4-5,8,11H2,1H3,(H,23,26). The fourth-order valence-electron chi connectivity index (χ4n) is 3.46. The summed E-state index contributed by atoms with van der Waals surface area (Å²) in [7, 11) is 1.51. The fraction of sp³-hybridized carbons (Fsp3) is 0.227. The molecule has 148 valence electrons. The fourth-order valence-corrected chi connectivity index (χ4v) is 3.46. The van der Waals surface area contributed by atoms with E-state index in [2.05, 4.69) is 5.32 Å². The molecule has 1 aromatic heterocycles. The van der Waals surface area contributed by atoms with Gasteiger partial charge in [-0.25, -0.2) is 4.79 Å². The van der Waals surface area contributed by atoms with Crippen LogP contribution in [0.25, 0.3) is 11.0 Å². The highest BCUT2D eigenvalue weighted by atomic mass is 16.5. The summed E-state index contributed by atoms with van der Waals surface area (Å²) in [5, 5.41) is 3.36. The Morgan fingerprint density at radius 2 is 1.93 bits per heavy atom. The molecule has 7 heteroatoms. The van der Waals surface area contributed by atoms with Gasteiger partial charge in [0.1, 0.15) is 16.9 Å². The number of amides is 2. The van der Waals surface area contributed by atoms with Crippen molar-refractivity contribution in [3.05, 3.63) is 64.5 Å². The minimum Gasteiger partial charge on any atom is -0.494 e. The first kappa shape index (κ1) is 18.7. The minimum absolute atomic E-state index is 0.0557. The van der Waals surface area contributed by atoms with Crippen LogP contribution in [0.4, 0.5) is 11.4 Å². The number of benzene rings is 2. The molecule has 1 N–H and O–H groups in total. The van der Waals surface area contributed by atoms with Crippen molar-refractivity contribution < 1.29 is 18.7 Å². The molecule has 1 fully saturated rings. The number of carbonyl (C=O) groups is 2. The Kier molecular flexibility index (Phi) is 5.03. The maximum atomic E-state index is 12.6. The van der Waals surface area contributed by atoms with E-state index in [1.807, 2.05) is 0 Å². The first-order chi connectivity index (χ1) is 14.1. The van der Waals surface area contributed by atoms with Gasteiger partial charge in [-0.3, -0.25) is 9.59 Å². The van der Waals surface area contributed by atoms with Crippen molar-refractivity contribution in [1.82, 2.24) is 0 Å². The normalized spacial score (nSPS) is 14.1. The molecule has 0 saturated carbocycles. The van der Waals surface area contributed by atoms with E-state index in [-0.39, 0.29) is 11.5 Å². The molecule has 2 aromatic carbocycles. The molecule has 29 heavy (non-hydrogen) atoms. The molecule has 0 aliphatic carbocycles. The van der Waals surface area contributed by atoms with Crippen LogP contribution >= 0.6 is 0 Å². The Hall–Kier alpha value is -3.61. The summed E-state index contributed by atoms with van der Waals surface area (Å²) in [6.07, 6.45) is 2.34. The molecule has 1 saturated heterocycles. The summed E-state index contributed by atoms with van der Waals surface area (Å²) in [4.78, 5) is 38.7. The first-order valence-electron chi connectivity index (χ1n) is 9.39. The Morgan fingerprint density at radius 3 is 2.72 bits per heavy atom. The highest BCUT2D eigenvalue weighted by Gasteiger charge is 2.23. The topological polar surface area (TPSA) is 88.8 Å². The van der Waals surface area contributed by atoms with E-state index < -0.39 is 11.5 Å². The maximum Gasteiger partial charge on any atom is 0.349 e. The number of rotatable bonds is 4. The largest absolute Gasteiger partial charge is 0.494 e. The Morgan fingerprint density at radius 1 is 1.10 bits per heavy atom. The molecular weight excluding hydrogens is 372 g/mol. The summed E-state index contributed by atoms with van der Waals surface area (Å²) in [6.45, 7) is 0.638. The Labute approximate surface area is 166 Å². The van der Waals surface area contributed by atoms with E-state index in [9.17, 15) is 14.4 Å². The van der Waals surface area contributed by atoms with Gasteiger partial charge >= 0.3 is 5.63 Å². The van der Waals surface area contributed by atoms with E-state index in [1.54, 1.807) is 47.4 Å². The molecule has 2 heterocycles. The van der Waals surface area contributed by atoms with Crippen molar-refractivity contribution in [2.45, 2.75) is 19.3 Å². The first-order valence-corrected chi connectivity index (χ1v) is 9.39. The lowest BCUT2D eigenvalue weighted by Gasteiger charge is -2.28. The van der Waals surface area contributed by atoms with Gasteiger partial charge in [0.2, 0.25) is 5.91 Å². The van der Waals surface area contributed by atoms with Crippen LogP contribution < -0.4 is 20.6 Å². The maximum absolute atomic E-state index is 12.6. The third-order valence-corrected chi connectivity index (χ3v) is 4.94. The Bertz CT molecular complexity index is 1150. The smallest absolute Gasteiger partial charge is 0.349 e. The molecule has 0 spiro atoms. The molecule has 2 amide bonds. The van der Waals surface area contributed by atoms with Crippen LogP contribution in [0.15, 0.2) is 57.7 Å².